The summed E-state index contributed by atoms with van der Waals surface area (Å²) in [5.41, 5.74) is 2.89. The molecule has 18 heavy (non-hydrogen) atoms. The molecule has 0 aromatic heterocycles. The van der Waals surface area contributed by atoms with Crippen LogP contribution in [0.25, 0.3) is 0 Å². The van der Waals surface area contributed by atoms with Gasteiger partial charge in [-0.05, 0) is 26.1 Å². The van der Waals surface area contributed by atoms with Crippen molar-refractivity contribution in [1.82, 2.24) is 5.32 Å². The molecule has 94 valence electrons. The summed E-state index contributed by atoms with van der Waals surface area (Å²) in [6, 6.07) is 5.70. The first kappa shape index (κ1) is 12.5. The molecular weight excluding hydrogens is 226 g/mol. The van der Waals surface area contributed by atoms with Crippen molar-refractivity contribution in [2.24, 2.45) is 0 Å². The highest BCUT2D eigenvalue weighted by Gasteiger charge is 2.29. The number of likely N-dealkylation sites (N-methyl/N-ethyl adjacent to an activating group) is 1. The number of hydrogen-bond acceptors (Lipinski definition) is 3. The largest absolute Gasteiger partial charge is 0.361 e. The van der Waals surface area contributed by atoms with Crippen LogP contribution in [0, 0.1) is 12.3 Å². The van der Waals surface area contributed by atoms with Gasteiger partial charge in [-0.15, -0.1) is 6.42 Å². The van der Waals surface area contributed by atoms with Crippen LogP contribution in [0.1, 0.15) is 18.5 Å². The van der Waals surface area contributed by atoms with E-state index in [2.05, 4.69) is 28.4 Å². The summed E-state index contributed by atoms with van der Waals surface area (Å²) in [5.74, 6) is 2.63. The zero-order chi connectivity index (χ0) is 13.1. The smallest absolute Gasteiger partial charge is 0.246 e. The summed E-state index contributed by atoms with van der Waals surface area (Å²) in [7, 11) is 1.78. The van der Waals surface area contributed by atoms with E-state index in [1.807, 2.05) is 18.2 Å². The lowest BCUT2D eigenvalue weighted by molar-refractivity contribution is -0.117. The Kier molecular flexibility index (Phi) is 3.54. The van der Waals surface area contributed by atoms with E-state index < -0.39 is 0 Å². The lowest BCUT2D eigenvalue weighted by Crippen LogP contribution is -2.23. The number of anilines is 2. The van der Waals surface area contributed by atoms with Gasteiger partial charge in [0.1, 0.15) is 6.04 Å². The topological polar surface area (TPSA) is 44.4 Å². The van der Waals surface area contributed by atoms with Crippen molar-refractivity contribution >= 4 is 17.3 Å². The van der Waals surface area contributed by atoms with Gasteiger partial charge in [0.2, 0.25) is 5.91 Å². The van der Waals surface area contributed by atoms with Gasteiger partial charge in [-0.25, -0.2) is 0 Å². The Balaban J connectivity index is 2.32. The van der Waals surface area contributed by atoms with Gasteiger partial charge in [0, 0.05) is 23.5 Å². The minimum absolute atomic E-state index is 0.00958. The van der Waals surface area contributed by atoms with E-state index >= 15 is 0 Å². The number of rotatable bonds is 4. The van der Waals surface area contributed by atoms with E-state index in [1.165, 1.54) is 0 Å². The van der Waals surface area contributed by atoms with E-state index in [0.717, 1.165) is 23.5 Å². The maximum absolute atomic E-state index is 11.7. The quantitative estimate of drug-likeness (QED) is 0.785. The van der Waals surface area contributed by atoms with E-state index in [-0.39, 0.29) is 11.9 Å². The van der Waals surface area contributed by atoms with E-state index in [9.17, 15) is 4.79 Å². The first-order chi connectivity index (χ1) is 8.71. The van der Waals surface area contributed by atoms with Crippen LogP contribution < -0.4 is 15.5 Å². The summed E-state index contributed by atoms with van der Waals surface area (Å²) in [6.45, 7) is 3.46. The normalized spacial score (nSPS) is 16.9. The van der Waals surface area contributed by atoms with Crippen molar-refractivity contribution in [2.75, 3.05) is 30.4 Å². The molecule has 0 aliphatic carbocycles. The fourth-order valence-corrected chi connectivity index (χ4v) is 2.23. The van der Waals surface area contributed by atoms with Gasteiger partial charge in [0.25, 0.3) is 0 Å². The Morgan fingerprint density at radius 1 is 1.56 bits per heavy atom. The molecule has 1 atom stereocenters. The fourth-order valence-electron chi connectivity index (χ4n) is 2.23. The molecule has 0 fully saturated rings. The number of fused-ring (bicyclic) bond motifs is 1. The van der Waals surface area contributed by atoms with Gasteiger partial charge in [0.05, 0.1) is 6.54 Å². The molecule has 0 radical (unpaired) electrons. The van der Waals surface area contributed by atoms with Crippen LogP contribution in [0.4, 0.5) is 11.4 Å². The Hall–Kier alpha value is -1.99. The van der Waals surface area contributed by atoms with Crippen molar-refractivity contribution in [1.29, 1.82) is 0 Å². The molecule has 1 heterocycles. The first-order valence-corrected chi connectivity index (χ1v) is 6.01. The zero-order valence-electron chi connectivity index (χ0n) is 10.7. The van der Waals surface area contributed by atoms with E-state index in [4.69, 9.17) is 6.42 Å². The first-order valence-electron chi connectivity index (χ1n) is 6.01. The van der Waals surface area contributed by atoms with Crippen LogP contribution in [0.3, 0.4) is 0 Å². The predicted octanol–water partition coefficient (Wildman–Crippen LogP) is 1.36. The molecule has 4 nitrogen and oxygen atoms in total. The van der Waals surface area contributed by atoms with E-state index in [0.29, 0.717) is 6.54 Å². The number of nitrogens with zero attached hydrogens (tertiary/aromatic N) is 1. The van der Waals surface area contributed by atoms with Crippen molar-refractivity contribution in [3.05, 3.63) is 23.8 Å². The summed E-state index contributed by atoms with van der Waals surface area (Å²) < 4.78 is 0. The summed E-state index contributed by atoms with van der Waals surface area (Å²) in [6.07, 6.45) is 5.35. The molecule has 1 aromatic rings. The summed E-state index contributed by atoms with van der Waals surface area (Å²) >= 11 is 0. The lowest BCUT2D eigenvalue weighted by Gasteiger charge is -2.21. The highest BCUT2D eigenvalue weighted by atomic mass is 16.2. The van der Waals surface area contributed by atoms with Gasteiger partial charge in [-0.1, -0.05) is 12.0 Å². The molecule has 2 rings (SSSR count). The van der Waals surface area contributed by atoms with Gasteiger partial charge in [-0.3, -0.25) is 4.79 Å². The van der Waals surface area contributed by atoms with Gasteiger partial charge < -0.3 is 15.5 Å². The highest BCUT2D eigenvalue weighted by Crippen LogP contribution is 2.33. The van der Waals surface area contributed by atoms with Gasteiger partial charge in [-0.2, -0.15) is 0 Å². The molecule has 0 saturated carbocycles. The Bertz CT molecular complexity index is 504. The minimum Gasteiger partial charge on any atom is -0.361 e. The Labute approximate surface area is 107 Å². The molecular formula is C14H17N3O. The van der Waals surface area contributed by atoms with Crippen molar-refractivity contribution in [2.45, 2.75) is 13.0 Å². The second-order valence-electron chi connectivity index (χ2n) is 4.20. The molecule has 0 saturated heterocycles. The zero-order valence-corrected chi connectivity index (χ0v) is 10.7. The van der Waals surface area contributed by atoms with Crippen LogP contribution in [0.15, 0.2) is 18.2 Å². The molecule has 0 spiro atoms. The highest BCUT2D eigenvalue weighted by molar-refractivity contribution is 6.03. The average Bonchev–Trinajstić information content (AvgIpc) is 2.70. The van der Waals surface area contributed by atoms with Crippen LogP contribution in [0.5, 0.6) is 0 Å². The van der Waals surface area contributed by atoms with Crippen molar-refractivity contribution < 1.29 is 4.79 Å². The summed E-state index contributed by atoms with van der Waals surface area (Å²) in [4.78, 5) is 13.8. The SMILES string of the molecule is C#CCN(CC)c1ccc2c(c1)NC(=O)C2NC. The van der Waals surface area contributed by atoms with Crippen LogP contribution in [0.2, 0.25) is 0 Å². The molecule has 2 N–H and O–H groups in total. The third-order valence-corrected chi connectivity index (χ3v) is 3.19. The molecule has 1 aliphatic rings. The number of hydrogen-bond donors (Lipinski definition) is 2. The maximum atomic E-state index is 11.7. The predicted molar refractivity (Wildman–Crippen MR) is 73.6 cm³/mol. The third kappa shape index (κ3) is 2.05. The molecule has 0 bridgehead atoms. The van der Waals surface area contributed by atoms with E-state index in [1.54, 1.807) is 7.05 Å². The fraction of sp³-hybridized carbons (Fsp3) is 0.357. The number of benzene rings is 1. The standard InChI is InChI=1S/C14H17N3O/c1-4-8-17(5-2)10-6-7-11-12(9-10)16-14(18)13(11)15-3/h1,6-7,9,13,15H,5,8H2,2-3H3,(H,16,18). The lowest BCUT2D eigenvalue weighted by atomic mass is 10.1. The number of amides is 1. The van der Waals surface area contributed by atoms with Crippen LogP contribution in [-0.2, 0) is 4.79 Å². The Morgan fingerprint density at radius 3 is 2.94 bits per heavy atom. The second kappa shape index (κ2) is 5.11. The third-order valence-electron chi connectivity index (χ3n) is 3.19. The number of terminal acetylenes is 1. The molecule has 4 heteroatoms. The van der Waals surface area contributed by atoms with Gasteiger partial charge >= 0.3 is 0 Å². The average molecular weight is 243 g/mol. The molecule has 1 unspecified atom stereocenters. The summed E-state index contributed by atoms with van der Waals surface area (Å²) in [5, 5.41) is 5.88. The van der Waals surface area contributed by atoms with Gasteiger partial charge in [0.15, 0.2) is 0 Å². The monoisotopic (exact) mass is 243 g/mol. The van der Waals surface area contributed by atoms with Crippen molar-refractivity contribution in [3.63, 3.8) is 0 Å². The second-order valence-corrected chi connectivity index (χ2v) is 4.20. The van der Waals surface area contributed by atoms with Crippen LogP contribution >= 0.6 is 0 Å². The van der Waals surface area contributed by atoms with Crippen molar-refractivity contribution in [3.8, 4) is 12.3 Å². The number of carbonyl (C=O) groups is 1. The number of carbonyl (C=O) groups excluding carboxylic acids is 1. The Morgan fingerprint density at radius 2 is 2.33 bits per heavy atom. The maximum Gasteiger partial charge on any atom is 0.246 e. The molecule has 1 aliphatic heterocycles. The molecule has 1 amide bonds. The molecule has 1 aromatic carbocycles. The minimum atomic E-state index is -0.253. The number of nitrogens with one attached hydrogen (secondary N) is 2. The van der Waals surface area contributed by atoms with Crippen LogP contribution in [-0.4, -0.2) is 26.0 Å².